The number of carbonyl (C=O) groups is 4. The number of fused-ring (bicyclic) bond motifs is 1. The van der Waals surface area contributed by atoms with Crippen LogP contribution in [0, 0.1) is 23.7 Å². The SMILES string of the molecule is CONC(=O)CCC(=O)N[C@H](CNC(=O)[C@@](C)(Cc1c[nH]c2ccccc12)NC(=O)OC1C2CC3CC(C2)CC1C3)c1ccccc1. The van der Waals surface area contributed by atoms with Crippen LogP contribution in [0.3, 0.4) is 0 Å². The van der Waals surface area contributed by atoms with Crippen molar-refractivity contribution in [3.63, 3.8) is 0 Å². The zero-order chi connectivity index (χ0) is 33.0. The number of hydrogen-bond donors (Lipinski definition) is 5. The summed E-state index contributed by atoms with van der Waals surface area (Å²) in [5.74, 6) is 1.12. The molecule has 3 aromatic rings. The molecule has 0 aliphatic heterocycles. The van der Waals surface area contributed by atoms with E-state index in [1.165, 1.54) is 13.5 Å². The Morgan fingerprint density at radius 3 is 2.26 bits per heavy atom. The van der Waals surface area contributed by atoms with E-state index in [1.54, 1.807) is 6.92 Å². The van der Waals surface area contributed by atoms with E-state index in [2.05, 4.69) is 31.3 Å². The summed E-state index contributed by atoms with van der Waals surface area (Å²) in [5.41, 5.74) is 3.45. The van der Waals surface area contributed by atoms with E-state index >= 15 is 0 Å². The molecule has 11 heteroatoms. The standard InChI is InChI=1S/C36H45N5O6/c1-36(19-27-20-37-29-11-7-6-10-28(27)29,40-35(45)47-33-25-15-22-14-23(17-25)18-26(33)16-22)34(44)38-21-30(24-8-4-3-5-9-24)39-31(42)12-13-32(43)41-46-2/h3-11,20,22-23,25-26,30,33,37H,12-19,21H2,1-2H3,(H,38,44)(H,39,42)(H,40,45)(H,41,43)/t22?,23?,25?,26?,30-,33?,36-/m1/s1. The van der Waals surface area contributed by atoms with E-state index in [1.807, 2.05) is 60.8 Å². The maximum atomic E-state index is 14.1. The Hall–Kier alpha value is -4.38. The first-order valence-electron chi connectivity index (χ1n) is 16.7. The van der Waals surface area contributed by atoms with Gasteiger partial charge in [-0.25, -0.2) is 10.3 Å². The minimum Gasteiger partial charge on any atom is -0.446 e. The number of para-hydroxylation sites is 1. The highest BCUT2D eigenvalue weighted by atomic mass is 16.6. The second kappa shape index (κ2) is 14.2. The second-order valence-electron chi connectivity index (χ2n) is 13.8. The number of ether oxygens (including phenoxy) is 1. The third-order valence-corrected chi connectivity index (χ3v) is 10.3. The largest absolute Gasteiger partial charge is 0.446 e. The number of carbonyl (C=O) groups excluding carboxylic acids is 4. The molecular formula is C36H45N5O6. The number of nitrogens with one attached hydrogen (secondary N) is 5. The molecule has 1 aromatic heterocycles. The van der Waals surface area contributed by atoms with E-state index < -0.39 is 29.5 Å². The molecular weight excluding hydrogens is 598 g/mol. The Morgan fingerprint density at radius 2 is 1.55 bits per heavy atom. The van der Waals surface area contributed by atoms with Crippen LogP contribution in [-0.2, 0) is 30.4 Å². The van der Waals surface area contributed by atoms with Crippen LogP contribution in [0.15, 0.2) is 60.8 Å². The van der Waals surface area contributed by atoms with Gasteiger partial charge in [-0.05, 0) is 79.9 Å². The predicted octanol–water partition coefficient (Wildman–Crippen LogP) is 4.45. The number of hydrogen-bond acceptors (Lipinski definition) is 6. The van der Waals surface area contributed by atoms with Crippen LogP contribution in [0.25, 0.3) is 10.9 Å². The van der Waals surface area contributed by atoms with Gasteiger partial charge in [0.2, 0.25) is 17.7 Å². The summed E-state index contributed by atoms with van der Waals surface area (Å²) >= 11 is 0. The Kier molecular flexibility index (Phi) is 9.81. The van der Waals surface area contributed by atoms with Gasteiger partial charge in [0.1, 0.15) is 11.6 Å². The molecule has 4 bridgehead atoms. The molecule has 0 unspecified atom stereocenters. The van der Waals surface area contributed by atoms with Gasteiger partial charge in [-0.1, -0.05) is 48.5 Å². The van der Waals surface area contributed by atoms with E-state index in [-0.39, 0.29) is 37.8 Å². The van der Waals surface area contributed by atoms with Crippen molar-refractivity contribution in [3.05, 3.63) is 71.9 Å². The minimum atomic E-state index is -1.36. The summed E-state index contributed by atoms with van der Waals surface area (Å²) in [6.45, 7) is 1.78. The Bertz CT molecular complexity index is 1560. The molecule has 2 aromatic carbocycles. The number of aromatic nitrogens is 1. The quantitative estimate of drug-likeness (QED) is 0.174. The minimum absolute atomic E-state index is 0.0493. The second-order valence-corrected chi connectivity index (χ2v) is 13.8. The number of hydroxylamine groups is 1. The highest BCUT2D eigenvalue weighted by molar-refractivity contribution is 5.91. The maximum absolute atomic E-state index is 14.1. The molecule has 4 amide bonds. The van der Waals surface area contributed by atoms with Crippen LogP contribution in [0.4, 0.5) is 4.79 Å². The fourth-order valence-electron chi connectivity index (χ4n) is 8.27. The molecule has 7 rings (SSSR count). The molecule has 4 saturated carbocycles. The molecule has 4 aliphatic rings. The lowest BCUT2D eigenvalue weighted by Gasteiger charge is -2.53. The predicted molar refractivity (Wildman–Crippen MR) is 176 cm³/mol. The van der Waals surface area contributed by atoms with Crippen LogP contribution in [0.1, 0.15) is 69.0 Å². The van der Waals surface area contributed by atoms with Crippen molar-refractivity contribution in [2.45, 2.75) is 76.0 Å². The van der Waals surface area contributed by atoms with Crippen LogP contribution < -0.4 is 21.4 Å². The molecule has 1 heterocycles. The molecule has 4 aliphatic carbocycles. The average molecular weight is 644 g/mol. The van der Waals surface area contributed by atoms with Crippen molar-refractivity contribution < 1.29 is 28.8 Å². The van der Waals surface area contributed by atoms with Gasteiger partial charge in [0.05, 0.1) is 13.2 Å². The van der Waals surface area contributed by atoms with Crippen molar-refractivity contribution in [1.29, 1.82) is 0 Å². The van der Waals surface area contributed by atoms with Crippen molar-refractivity contribution in [3.8, 4) is 0 Å². The maximum Gasteiger partial charge on any atom is 0.408 e. The first-order chi connectivity index (χ1) is 22.7. The highest BCUT2D eigenvalue weighted by Gasteiger charge is 2.50. The summed E-state index contributed by atoms with van der Waals surface area (Å²) in [4.78, 5) is 60.3. The molecule has 5 N–H and O–H groups in total. The molecule has 0 radical (unpaired) electrons. The van der Waals surface area contributed by atoms with Crippen LogP contribution >= 0.6 is 0 Å². The van der Waals surface area contributed by atoms with E-state index in [4.69, 9.17) is 4.74 Å². The molecule has 0 spiro atoms. The normalized spacial score (nSPS) is 24.6. The summed E-state index contributed by atoms with van der Waals surface area (Å²) in [5, 5.41) is 9.88. The van der Waals surface area contributed by atoms with Crippen molar-refractivity contribution in [1.82, 2.24) is 26.4 Å². The topological polar surface area (TPSA) is 151 Å². The molecule has 0 saturated heterocycles. The number of alkyl carbamates (subject to hydrolysis) is 1. The summed E-state index contributed by atoms with van der Waals surface area (Å²) in [6.07, 6.45) is 7.04. The summed E-state index contributed by atoms with van der Waals surface area (Å²) in [6, 6.07) is 16.6. The molecule has 250 valence electrons. The van der Waals surface area contributed by atoms with Crippen LogP contribution in [0.5, 0.6) is 0 Å². The Balaban J connectivity index is 1.17. The lowest BCUT2D eigenvalue weighted by atomic mass is 9.55. The highest BCUT2D eigenvalue weighted by Crippen LogP contribution is 2.54. The zero-order valence-electron chi connectivity index (χ0n) is 27.1. The molecule has 4 fully saturated rings. The summed E-state index contributed by atoms with van der Waals surface area (Å²) < 4.78 is 6.15. The van der Waals surface area contributed by atoms with E-state index in [0.717, 1.165) is 59.5 Å². The Morgan fingerprint density at radius 1 is 0.894 bits per heavy atom. The number of aromatic amines is 1. The van der Waals surface area contributed by atoms with Gasteiger partial charge < -0.3 is 25.7 Å². The Labute approximate surface area is 274 Å². The van der Waals surface area contributed by atoms with E-state index in [0.29, 0.717) is 11.8 Å². The molecule has 2 atom stereocenters. The first-order valence-corrected chi connectivity index (χ1v) is 16.7. The number of benzene rings is 2. The van der Waals surface area contributed by atoms with Gasteiger partial charge in [0.25, 0.3) is 0 Å². The molecule has 11 nitrogen and oxygen atoms in total. The van der Waals surface area contributed by atoms with Gasteiger partial charge in [-0.2, -0.15) is 0 Å². The van der Waals surface area contributed by atoms with Gasteiger partial charge >= 0.3 is 6.09 Å². The van der Waals surface area contributed by atoms with Crippen molar-refractivity contribution in [2.24, 2.45) is 23.7 Å². The van der Waals surface area contributed by atoms with Gasteiger partial charge in [0.15, 0.2) is 0 Å². The van der Waals surface area contributed by atoms with Crippen molar-refractivity contribution in [2.75, 3.05) is 13.7 Å². The summed E-state index contributed by atoms with van der Waals surface area (Å²) in [7, 11) is 1.33. The lowest BCUT2D eigenvalue weighted by Crippen LogP contribution is -2.60. The zero-order valence-corrected chi connectivity index (χ0v) is 27.1. The first kappa shape index (κ1) is 32.6. The van der Waals surface area contributed by atoms with E-state index in [9.17, 15) is 19.2 Å². The third-order valence-electron chi connectivity index (χ3n) is 10.3. The fourth-order valence-corrected chi connectivity index (χ4v) is 8.27. The molecule has 47 heavy (non-hydrogen) atoms. The fraction of sp³-hybridized carbons (Fsp3) is 0.500. The third kappa shape index (κ3) is 7.62. The monoisotopic (exact) mass is 643 g/mol. The van der Waals surface area contributed by atoms with Crippen LogP contribution in [-0.4, -0.2) is 54.1 Å². The smallest absolute Gasteiger partial charge is 0.408 e. The van der Waals surface area contributed by atoms with Gasteiger partial charge in [0, 0.05) is 42.9 Å². The lowest BCUT2D eigenvalue weighted by molar-refractivity contribution is -0.133. The van der Waals surface area contributed by atoms with Crippen molar-refractivity contribution >= 4 is 34.7 Å². The average Bonchev–Trinajstić information content (AvgIpc) is 3.46. The van der Waals surface area contributed by atoms with Gasteiger partial charge in [-0.15, -0.1) is 0 Å². The number of amides is 4. The number of rotatable bonds is 13. The van der Waals surface area contributed by atoms with Gasteiger partial charge in [-0.3, -0.25) is 19.2 Å². The number of H-pyrrole nitrogens is 1. The van der Waals surface area contributed by atoms with Crippen LogP contribution in [0.2, 0.25) is 0 Å².